The molecule has 5 unspecified atom stereocenters. The molecule has 1 rings (SSSR count). The summed E-state index contributed by atoms with van der Waals surface area (Å²) in [7, 11) is 0. The maximum Gasteiger partial charge on any atom is 0.226 e. The van der Waals surface area contributed by atoms with Gasteiger partial charge in [0, 0.05) is 13.2 Å². The van der Waals surface area contributed by atoms with Crippen molar-refractivity contribution in [3.05, 3.63) is 0 Å². The van der Waals surface area contributed by atoms with Crippen molar-refractivity contribution in [2.45, 2.75) is 39.9 Å². The Hall–Kier alpha value is -0.610. The molecule has 1 amide bonds. The smallest absolute Gasteiger partial charge is 0.226 e. The van der Waals surface area contributed by atoms with Gasteiger partial charge in [0.2, 0.25) is 5.91 Å². The molecule has 1 saturated heterocycles. The average molecular weight is 229 g/mol. The van der Waals surface area contributed by atoms with E-state index in [2.05, 4.69) is 5.32 Å². The molecule has 1 fully saturated rings. The van der Waals surface area contributed by atoms with Crippen LogP contribution in [-0.4, -0.2) is 36.4 Å². The highest BCUT2D eigenvalue weighted by Crippen LogP contribution is 2.32. The van der Waals surface area contributed by atoms with Gasteiger partial charge in [-0.3, -0.25) is 4.79 Å². The Morgan fingerprint density at radius 2 is 2.00 bits per heavy atom. The van der Waals surface area contributed by atoms with Crippen LogP contribution >= 0.6 is 0 Å². The molecule has 1 heterocycles. The first-order valence-electron chi connectivity index (χ1n) is 6.01. The lowest BCUT2D eigenvalue weighted by Gasteiger charge is -2.19. The van der Waals surface area contributed by atoms with Crippen LogP contribution in [-0.2, 0) is 9.53 Å². The second kappa shape index (κ2) is 5.64. The van der Waals surface area contributed by atoms with E-state index in [0.717, 1.165) is 0 Å². The van der Waals surface area contributed by atoms with Gasteiger partial charge in [0.25, 0.3) is 0 Å². The Morgan fingerprint density at radius 3 is 2.44 bits per heavy atom. The van der Waals surface area contributed by atoms with Crippen LogP contribution in [0.25, 0.3) is 0 Å². The minimum atomic E-state index is -0.0686. The summed E-state index contributed by atoms with van der Waals surface area (Å²) in [5.41, 5.74) is 0. The minimum absolute atomic E-state index is 0.0190. The van der Waals surface area contributed by atoms with Gasteiger partial charge >= 0.3 is 0 Å². The maximum absolute atomic E-state index is 12.0. The number of carbonyl (C=O) groups excluding carboxylic acids is 1. The number of amides is 1. The molecule has 94 valence electrons. The minimum Gasteiger partial charge on any atom is -0.396 e. The third-order valence-corrected chi connectivity index (χ3v) is 3.48. The van der Waals surface area contributed by atoms with E-state index in [-0.39, 0.29) is 42.5 Å². The molecule has 0 aromatic rings. The summed E-state index contributed by atoms with van der Waals surface area (Å²) in [6.07, 6.45) is 0.121. The summed E-state index contributed by atoms with van der Waals surface area (Å²) in [6, 6.07) is 0. The molecule has 0 spiro atoms. The monoisotopic (exact) mass is 229 g/mol. The summed E-state index contributed by atoms with van der Waals surface area (Å²) in [5, 5.41) is 11.8. The van der Waals surface area contributed by atoms with E-state index in [0.29, 0.717) is 6.54 Å². The first-order chi connectivity index (χ1) is 7.47. The van der Waals surface area contributed by atoms with E-state index < -0.39 is 0 Å². The summed E-state index contributed by atoms with van der Waals surface area (Å²) >= 11 is 0. The van der Waals surface area contributed by atoms with Crippen molar-refractivity contribution in [2.24, 2.45) is 17.8 Å². The molecule has 0 aromatic carbocycles. The normalized spacial score (nSPS) is 36.1. The lowest BCUT2D eigenvalue weighted by Crippen LogP contribution is -2.39. The van der Waals surface area contributed by atoms with Crippen molar-refractivity contribution >= 4 is 5.91 Å². The topological polar surface area (TPSA) is 58.6 Å². The standard InChI is InChI=1S/C12H23NO3/c1-7(6-14)5-13-12(15)11-8(2)9(3)16-10(11)4/h7-11,14H,5-6H2,1-4H3,(H,13,15). The number of aliphatic hydroxyl groups excluding tert-OH is 1. The number of carbonyl (C=O) groups is 1. The molecular weight excluding hydrogens is 206 g/mol. The van der Waals surface area contributed by atoms with Crippen molar-refractivity contribution in [3.8, 4) is 0 Å². The van der Waals surface area contributed by atoms with Crippen LogP contribution in [0.1, 0.15) is 27.7 Å². The lowest BCUT2D eigenvalue weighted by atomic mass is 9.89. The van der Waals surface area contributed by atoms with Gasteiger partial charge in [0.15, 0.2) is 0 Å². The second-order valence-corrected chi connectivity index (χ2v) is 4.96. The van der Waals surface area contributed by atoms with Crippen LogP contribution in [0.4, 0.5) is 0 Å². The molecule has 0 aromatic heterocycles. The van der Waals surface area contributed by atoms with Crippen molar-refractivity contribution < 1.29 is 14.6 Å². The lowest BCUT2D eigenvalue weighted by molar-refractivity contribution is -0.127. The highest BCUT2D eigenvalue weighted by atomic mass is 16.5. The molecule has 0 saturated carbocycles. The molecular formula is C12H23NO3. The quantitative estimate of drug-likeness (QED) is 0.749. The van der Waals surface area contributed by atoms with Crippen molar-refractivity contribution in [1.82, 2.24) is 5.32 Å². The first-order valence-corrected chi connectivity index (χ1v) is 6.01. The van der Waals surface area contributed by atoms with Gasteiger partial charge in [-0.2, -0.15) is 0 Å². The Kier molecular flexibility index (Phi) is 4.74. The molecule has 4 heteroatoms. The van der Waals surface area contributed by atoms with E-state index in [1.54, 1.807) is 0 Å². The van der Waals surface area contributed by atoms with E-state index in [9.17, 15) is 4.79 Å². The zero-order valence-electron chi connectivity index (χ0n) is 10.6. The number of nitrogens with one attached hydrogen (secondary N) is 1. The van der Waals surface area contributed by atoms with Crippen LogP contribution in [0.15, 0.2) is 0 Å². The van der Waals surface area contributed by atoms with Crippen LogP contribution in [0, 0.1) is 17.8 Å². The predicted molar refractivity (Wildman–Crippen MR) is 61.9 cm³/mol. The van der Waals surface area contributed by atoms with Gasteiger partial charge in [0.1, 0.15) is 0 Å². The van der Waals surface area contributed by atoms with Gasteiger partial charge in [-0.25, -0.2) is 0 Å². The predicted octanol–water partition coefficient (Wildman–Crippen LogP) is 0.790. The van der Waals surface area contributed by atoms with Gasteiger partial charge < -0.3 is 15.2 Å². The third kappa shape index (κ3) is 2.95. The Bertz CT molecular complexity index is 244. The summed E-state index contributed by atoms with van der Waals surface area (Å²) < 4.78 is 5.63. The third-order valence-electron chi connectivity index (χ3n) is 3.48. The maximum atomic E-state index is 12.0. The molecule has 16 heavy (non-hydrogen) atoms. The van der Waals surface area contributed by atoms with E-state index in [1.807, 2.05) is 27.7 Å². The zero-order chi connectivity index (χ0) is 12.3. The molecule has 4 nitrogen and oxygen atoms in total. The second-order valence-electron chi connectivity index (χ2n) is 4.96. The fourth-order valence-corrected chi connectivity index (χ4v) is 2.18. The van der Waals surface area contributed by atoms with Crippen molar-refractivity contribution in [2.75, 3.05) is 13.2 Å². The zero-order valence-corrected chi connectivity index (χ0v) is 10.6. The first kappa shape index (κ1) is 13.5. The van der Waals surface area contributed by atoms with Crippen molar-refractivity contribution in [3.63, 3.8) is 0 Å². The highest BCUT2D eigenvalue weighted by molar-refractivity contribution is 5.79. The number of rotatable bonds is 4. The highest BCUT2D eigenvalue weighted by Gasteiger charge is 2.41. The van der Waals surface area contributed by atoms with Gasteiger partial charge in [0.05, 0.1) is 18.1 Å². The van der Waals surface area contributed by atoms with Gasteiger partial charge in [-0.1, -0.05) is 13.8 Å². The van der Waals surface area contributed by atoms with E-state index >= 15 is 0 Å². The molecule has 5 atom stereocenters. The average Bonchev–Trinajstić information content (AvgIpc) is 2.49. The summed E-state index contributed by atoms with van der Waals surface area (Å²) in [5.74, 6) is 0.333. The van der Waals surface area contributed by atoms with E-state index in [4.69, 9.17) is 9.84 Å². The fourth-order valence-electron chi connectivity index (χ4n) is 2.18. The molecule has 2 N–H and O–H groups in total. The Labute approximate surface area is 97.4 Å². The molecule has 0 radical (unpaired) electrons. The number of aliphatic hydroxyl groups is 1. The van der Waals surface area contributed by atoms with Crippen LogP contribution in [0.5, 0.6) is 0 Å². The molecule has 0 aliphatic carbocycles. The van der Waals surface area contributed by atoms with Gasteiger partial charge in [-0.05, 0) is 25.7 Å². The Balaban J connectivity index is 2.47. The Morgan fingerprint density at radius 1 is 1.38 bits per heavy atom. The molecule has 1 aliphatic heterocycles. The fraction of sp³-hybridized carbons (Fsp3) is 0.917. The van der Waals surface area contributed by atoms with Crippen LogP contribution in [0.2, 0.25) is 0 Å². The van der Waals surface area contributed by atoms with Crippen molar-refractivity contribution in [1.29, 1.82) is 0 Å². The van der Waals surface area contributed by atoms with E-state index in [1.165, 1.54) is 0 Å². The summed E-state index contributed by atoms with van der Waals surface area (Å²) in [4.78, 5) is 12.0. The van der Waals surface area contributed by atoms with Gasteiger partial charge in [-0.15, -0.1) is 0 Å². The number of ether oxygens (including phenoxy) is 1. The largest absolute Gasteiger partial charge is 0.396 e. The SMILES string of the molecule is CC(CO)CNC(=O)C1C(C)OC(C)C1C. The van der Waals surface area contributed by atoms with Crippen LogP contribution in [0.3, 0.4) is 0 Å². The molecule has 1 aliphatic rings. The number of hydrogen-bond donors (Lipinski definition) is 2. The number of hydrogen-bond acceptors (Lipinski definition) is 3. The molecule has 0 bridgehead atoms. The van der Waals surface area contributed by atoms with Crippen LogP contribution < -0.4 is 5.32 Å². The summed E-state index contributed by atoms with van der Waals surface area (Å²) in [6.45, 7) is 8.53.